The van der Waals surface area contributed by atoms with Gasteiger partial charge in [0.05, 0.1) is 22.3 Å². The van der Waals surface area contributed by atoms with E-state index in [0.29, 0.717) is 16.3 Å². The Kier molecular flexibility index (Phi) is 3.90. The van der Waals surface area contributed by atoms with Crippen molar-refractivity contribution in [1.82, 2.24) is 0 Å². The number of carbonyl (C=O) groups excluding carboxylic acids is 1. The monoisotopic (exact) mass is 220 g/mol. The van der Waals surface area contributed by atoms with Crippen LogP contribution < -0.4 is 5.32 Å². The maximum Gasteiger partial charge on any atom is 0.248 e. The van der Waals surface area contributed by atoms with Gasteiger partial charge in [-0.15, -0.1) is 0 Å². The Morgan fingerprint density at radius 3 is 2.87 bits per heavy atom. The average Bonchev–Trinajstić information content (AvgIpc) is 2.21. The van der Waals surface area contributed by atoms with Gasteiger partial charge in [0.15, 0.2) is 0 Å². The van der Waals surface area contributed by atoms with Gasteiger partial charge in [-0.2, -0.15) is 5.26 Å². The lowest BCUT2D eigenvalue weighted by molar-refractivity contribution is -0.111. The molecule has 0 aromatic heterocycles. The molecule has 3 nitrogen and oxygen atoms in total. The van der Waals surface area contributed by atoms with Crippen LogP contribution in [0.25, 0.3) is 0 Å². The summed E-state index contributed by atoms with van der Waals surface area (Å²) in [6.45, 7) is 1.75. The summed E-state index contributed by atoms with van der Waals surface area (Å²) >= 11 is 5.86. The van der Waals surface area contributed by atoms with Crippen LogP contribution in [0.15, 0.2) is 30.4 Å². The topological polar surface area (TPSA) is 52.9 Å². The number of nitrogens with one attached hydrogen (secondary N) is 1. The summed E-state index contributed by atoms with van der Waals surface area (Å²) in [6, 6.07) is 6.66. The zero-order valence-electron chi connectivity index (χ0n) is 8.12. The molecule has 0 atom stereocenters. The molecule has 0 spiro atoms. The van der Waals surface area contributed by atoms with Crippen molar-refractivity contribution in [2.24, 2.45) is 0 Å². The first-order valence-corrected chi connectivity index (χ1v) is 4.68. The Morgan fingerprint density at radius 2 is 2.33 bits per heavy atom. The van der Waals surface area contributed by atoms with Crippen molar-refractivity contribution in [3.05, 3.63) is 40.9 Å². The zero-order chi connectivity index (χ0) is 11.3. The number of benzene rings is 1. The lowest BCUT2D eigenvalue weighted by Gasteiger charge is -2.04. The maximum atomic E-state index is 11.2. The van der Waals surface area contributed by atoms with Gasteiger partial charge < -0.3 is 5.32 Å². The third kappa shape index (κ3) is 3.12. The van der Waals surface area contributed by atoms with Crippen molar-refractivity contribution in [3.8, 4) is 6.07 Å². The van der Waals surface area contributed by atoms with E-state index in [9.17, 15) is 4.79 Å². The van der Waals surface area contributed by atoms with Crippen LogP contribution in [0.3, 0.4) is 0 Å². The van der Waals surface area contributed by atoms with E-state index in [2.05, 4.69) is 5.32 Å². The van der Waals surface area contributed by atoms with Crippen LogP contribution in [-0.4, -0.2) is 5.91 Å². The largest absolute Gasteiger partial charge is 0.321 e. The van der Waals surface area contributed by atoms with Crippen LogP contribution in [0.1, 0.15) is 12.5 Å². The lowest BCUT2D eigenvalue weighted by atomic mass is 10.2. The number of nitriles is 1. The Balaban J connectivity index is 2.88. The van der Waals surface area contributed by atoms with Crippen LogP contribution in [-0.2, 0) is 4.79 Å². The lowest BCUT2D eigenvalue weighted by Crippen LogP contribution is -2.08. The number of hydrogen-bond donors (Lipinski definition) is 1. The normalized spacial score (nSPS) is 9.93. The van der Waals surface area contributed by atoms with Crippen LogP contribution >= 0.6 is 11.6 Å². The second-order valence-electron chi connectivity index (χ2n) is 2.80. The summed E-state index contributed by atoms with van der Waals surface area (Å²) in [7, 11) is 0. The molecular weight excluding hydrogens is 212 g/mol. The summed E-state index contributed by atoms with van der Waals surface area (Å²) in [4.78, 5) is 11.2. The number of rotatable bonds is 2. The van der Waals surface area contributed by atoms with E-state index in [1.54, 1.807) is 25.1 Å². The van der Waals surface area contributed by atoms with Crippen molar-refractivity contribution in [3.63, 3.8) is 0 Å². The molecule has 0 fully saturated rings. The fraction of sp³-hybridized carbons (Fsp3) is 0.0909. The predicted octanol–water partition coefficient (Wildman–Crippen LogP) is 2.73. The average molecular weight is 221 g/mol. The van der Waals surface area contributed by atoms with Gasteiger partial charge in [-0.3, -0.25) is 4.79 Å². The zero-order valence-corrected chi connectivity index (χ0v) is 8.88. The SMILES string of the molecule is C/C=C/C(=O)Nc1ccc(C#N)cc1Cl. The van der Waals surface area contributed by atoms with Crippen molar-refractivity contribution in [1.29, 1.82) is 5.26 Å². The number of amides is 1. The molecule has 15 heavy (non-hydrogen) atoms. The minimum Gasteiger partial charge on any atom is -0.321 e. The van der Waals surface area contributed by atoms with E-state index in [-0.39, 0.29) is 5.91 Å². The first-order chi connectivity index (χ1) is 7.17. The molecular formula is C11H9ClN2O. The van der Waals surface area contributed by atoms with E-state index in [4.69, 9.17) is 16.9 Å². The van der Waals surface area contributed by atoms with Crippen molar-refractivity contribution >= 4 is 23.2 Å². The van der Waals surface area contributed by atoms with E-state index < -0.39 is 0 Å². The molecule has 1 amide bonds. The minimum atomic E-state index is -0.246. The van der Waals surface area contributed by atoms with E-state index in [1.165, 1.54) is 12.1 Å². The fourth-order valence-corrected chi connectivity index (χ4v) is 1.24. The number of halogens is 1. The van der Waals surface area contributed by atoms with Gasteiger partial charge in [-0.05, 0) is 31.2 Å². The van der Waals surface area contributed by atoms with Crippen LogP contribution in [0, 0.1) is 11.3 Å². The summed E-state index contributed by atoms with van der Waals surface area (Å²) in [6.07, 6.45) is 3.03. The number of nitrogens with zero attached hydrogens (tertiary/aromatic N) is 1. The fourth-order valence-electron chi connectivity index (χ4n) is 1.01. The van der Waals surface area contributed by atoms with Crippen molar-refractivity contribution in [2.75, 3.05) is 5.32 Å². The number of anilines is 1. The molecule has 1 aromatic carbocycles. The number of carbonyl (C=O) groups is 1. The molecule has 0 heterocycles. The predicted molar refractivity (Wildman–Crippen MR) is 59.6 cm³/mol. The highest BCUT2D eigenvalue weighted by atomic mass is 35.5. The summed E-state index contributed by atoms with van der Waals surface area (Å²) < 4.78 is 0. The Bertz CT molecular complexity index is 446. The highest BCUT2D eigenvalue weighted by Gasteiger charge is 2.03. The quantitative estimate of drug-likeness (QED) is 0.780. The van der Waals surface area contributed by atoms with Crippen LogP contribution in [0.2, 0.25) is 5.02 Å². The molecule has 0 radical (unpaired) electrons. The number of hydrogen-bond acceptors (Lipinski definition) is 2. The van der Waals surface area contributed by atoms with E-state index >= 15 is 0 Å². The van der Waals surface area contributed by atoms with Gasteiger partial charge >= 0.3 is 0 Å². The molecule has 1 rings (SSSR count). The molecule has 0 saturated heterocycles. The van der Waals surface area contributed by atoms with E-state index in [1.807, 2.05) is 6.07 Å². The number of allylic oxidation sites excluding steroid dienone is 1. The Labute approximate surface area is 93.0 Å². The molecule has 76 valence electrons. The molecule has 0 aliphatic rings. The molecule has 1 aromatic rings. The van der Waals surface area contributed by atoms with Gasteiger partial charge in [0, 0.05) is 0 Å². The molecule has 0 saturated carbocycles. The standard InChI is InChI=1S/C11H9ClN2O/c1-2-3-11(15)14-10-5-4-8(7-13)6-9(10)12/h2-6H,1H3,(H,14,15)/b3-2+. The summed E-state index contributed by atoms with van der Waals surface area (Å²) in [5.41, 5.74) is 0.961. The summed E-state index contributed by atoms with van der Waals surface area (Å²) in [5, 5.41) is 11.6. The highest BCUT2D eigenvalue weighted by Crippen LogP contribution is 2.22. The van der Waals surface area contributed by atoms with Gasteiger partial charge in [-0.25, -0.2) is 0 Å². The Hall–Kier alpha value is -1.79. The van der Waals surface area contributed by atoms with Crippen molar-refractivity contribution < 1.29 is 4.79 Å². The molecule has 0 aliphatic heterocycles. The van der Waals surface area contributed by atoms with Gasteiger partial charge in [0.1, 0.15) is 0 Å². The second kappa shape index (κ2) is 5.18. The van der Waals surface area contributed by atoms with Gasteiger partial charge in [0.25, 0.3) is 0 Å². The van der Waals surface area contributed by atoms with Gasteiger partial charge in [0.2, 0.25) is 5.91 Å². The van der Waals surface area contributed by atoms with E-state index in [0.717, 1.165) is 0 Å². The van der Waals surface area contributed by atoms with Gasteiger partial charge in [-0.1, -0.05) is 17.7 Å². The first-order valence-electron chi connectivity index (χ1n) is 4.30. The molecule has 4 heteroatoms. The third-order valence-corrected chi connectivity index (χ3v) is 1.99. The van der Waals surface area contributed by atoms with Crippen LogP contribution in [0.5, 0.6) is 0 Å². The molecule has 1 N–H and O–H groups in total. The van der Waals surface area contributed by atoms with Crippen molar-refractivity contribution in [2.45, 2.75) is 6.92 Å². The smallest absolute Gasteiger partial charge is 0.248 e. The highest BCUT2D eigenvalue weighted by molar-refractivity contribution is 6.33. The minimum absolute atomic E-state index is 0.246. The molecule has 0 unspecified atom stereocenters. The Morgan fingerprint density at radius 1 is 1.60 bits per heavy atom. The molecule has 0 aliphatic carbocycles. The third-order valence-electron chi connectivity index (χ3n) is 1.67. The van der Waals surface area contributed by atoms with Crippen LogP contribution in [0.4, 0.5) is 5.69 Å². The first kappa shape index (κ1) is 11.3. The molecule has 0 bridgehead atoms. The second-order valence-corrected chi connectivity index (χ2v) is 3.20. The maximum absolute atomic E-state index is 11.2. The summed E-state index contributed by atoms with van der Waals surface area (Å²) in [5.74, 6) is -0.246.